The van der Waals surface area contributed by atoms with Gasteiger partial charge in [0.15, 0.2) is 0 Å². The van der Waals surface area contributed by atoms with Crippen LogP contribution in [-0.4, -0.2) is 34.5 Å². The zero-order valence-electron chi connectivity index (χ0n) is 14.6. The quantitative estimate of drug-likeness (QED) is 0.634. The fourth-order valence-corrected chi connectivity index (χ4v) is 2.58. The van der Waals surface area contributed by atoms with Crippen molar-refractivity contribution in [3.8, 4) is 5.75 Å². The van der Waals surface area contributed by atoms with Crippen LogP contribution in [-0.2, 0) is 17.9 Å². The van der Waals surface area contributed by atoms with E-state index in [1.165, 1.54) is 0 Å². The van der Waals surface area contributed by atoms with Gasteiger partial charge in [0.25, 0.3) is 5.92 Å². The Balaban J connectivity index is 1.77. The molecular weight excluding hydrogens is 354 g/mol. The van der Waals surface area contributed by atoms with Gasteiger partial charge in [-0.2, -0.15) is 0 Å². The van der Waals surface area contributed by atoms with Gasteiger partial charge in [0.2, 0.25) is 5.91 Å². The molecule has 2 aromatic carbocycles. The maximum Gasteiger partial charge on any atom is 0.277 e. The van der Waals surface area contributed by atoms with Crippen molar-refractivity contribution < 1.29 is 18.3 Å². The molecule has 0 atom stereocenters. The van der Waals surface area contributed by atoms with Crippen molar-refractivity contribution in [1.82, 2.24) is 14.9 Å². The van der Waals surface area contributed by atoms with E-state index < -0.39 is 24.9 Å². The van der Waals surface area contributed by atoms with Crippen molar-refractivity contribution in [3.05, 3.63) is 60.4 Å². The summed E-state index contributed by atoms with van der Waals surface area (Å²) in [5.74, 6) is -2.48. The summed E-state index contributed by atoms with van der Waals surface area (Å²) < 4.78 is 33.9. The first kappa shape index (κ1) is 18.8. The van der Waals surface area contributed by atoms with E-state index in [0.29, 0.717) is 17.1 Å². The van der Waals surface area contributed by atoms with E-state index in [2.05, 4.69) is 10.3 Å². The lowest BCUT2D eigenvalue weighted by Crippen LogP contribution is -2.42. The van der Waals surface area contributed by atoms with Crippen LogP contribution in [0.3, 0.4) is 0 Å². The fraction of sp³-hybridized carbons (Fsp3) is 0.263. The van der Waals surface area contributed by atoms with Gasteiger partial charge in [-0.3, -0.25) is 4.79 Å². The van der Waals surface area contributed by atoms with Crippen molar-refractivity contribution in [1.29, 1.82) is 0 Å². The Labute approximate surface area is 154 Å². The minimum absolute atomic E-state index is 0.144. The summed E-state index contributed by atoms with van der Waals surface area (Å²) in [4.78, 5) is 16.7. The third-order valence-corrected chi connectivity index (χ3v) is 3.99. The molecule has 0 bridgehead atoms. The number of benzene rings is 2. The average molecular weight is 374 g/mol. The molecule has 0 saturated carbocycles. The molecule has 3 N–H and O–H groups in total. The first-order valence-electron chi connectivity index (χ1n) is 8.45. The highest BCUT2D eigenvalue weighted by molar-refractivity contribution is 5.81. The number of aromatic nitrogens is 2. The highest BCUT2D eigenvalue weighted by Gasteiger charge is 2.27. The first-order chi connectivity index (χ1) is 13.0. The summed E-state index contributed by atoms with van der Waals surface area (Å²) in [6.07, 6.45) is 0. The Morgan fingerprint density at radius 1 is 1.15 bits per heavy atom. The Morgan fingerprint density at radius 3 is 2.59 bits per heavy atom. The van der Waals surface area contributed by atoms with Gasteiger partial charge in [-0.25, -0.2) is 13.8 Å². The molecule has 1 amide bonds. The van der Waals surface area contributed by atoms with Gasteiger partial charge in [0.05, 0.1) is 24.1 Å². The Kier molecular flexibility index (Phi) is 5.66. The second kappa shape index (κ2) is 8.13. The average Bonchev–Trinajstić information content (AvgIpc) is 3.03. The molecular formula is C19H20F2N4O2. The number of hydrogen-bond acceptors (Lipinski definition) is 4. The van der Waals surface area contributed by atoms with Crippen LogP contribution in [0.4, 0.5) is 8.78 Å². The smallest absolute Gasteiger partial charge is 0.277 e. The second-order valence-electron chi connectivity index (χ2n) is 6.04. The van der Waals surface area contributed by atoms with Gasteiger partial charge in [0.1, 0.15) is 24.7 Å². The molecule has 1 aromatic heterocycles. The van der Waals surface area contributed by atoms with Crippen LogP contribution in [0.25, 0.3) is 11.0 Å². The summed E-state index contributed by atoms with van der Waals surface area (Å²) in [7, 11) is 0. The number of nitrogens with two attached hydrogens (primary N) is 1. The normalized spacial score (nSPS) is 11.5. The molecule has 0 spiro atoms. The Bertz CT molecular complexity index is 912. The van der Waals surface area contributed by atoms with Crippen LogP contribution in [0.2, 0.25) is 0 Å². The number of alkyl halides is 2. The molecule has 27 heavy (non-hydrogen) atoms. The summed E-state index contributed by atoms with van der Waals surface area (Å²) in [6, 6.07) is 16.5. The third-order valence-electron chi connectivity index (χ3n) is 3.99. The number of ether oxygens (including phenoxy) is 1. The van der Waals surface area contributed by atoms with E-state index in [-0.39, 0.29) is 13.2 Å². The van der Waals surface area contributed by atoms with Gasteiger partial charge in [-0.15, -0.1) is 0 Å². The number of carbonyl (C=O) groups excluding carboxylic acids is 1. The van der Waals surface area contributed by atoms with Crippen LogP contribution in [0.15, 0.2) is 54.6 Å². The van der Waals surface area contributed by atoms with E-state index in [0.717, 1.165) is 5.52 Å². The zero-order chi connectivity index (χ0) is 19.3. The second-order valence-corrected chi connectivity index (χ2v) is 6.04. The topological polar surface area (TPSA) is 82.2 Å². The van der Waals surface area contributed by atoms with E-state index >= 15 is 0 Å². The van der Waals surface area contributed by atoms with Gasteiger partial charge in [-0.1, -0.05) is 30.3 Å². The van der Waals surface area contributed by atoms with Gasteiger partial charge >= 0.3 is 0 Å². The minimum Gasteiger partial charge on any atom is -0.486 e. The number of halogens is 2. The fourth-order valence-electron chi connectivity index (χ4n) is 2.58. The maximum atomic E-state index is 13.3. The van der Waals surface area contributed by atoms with Crippen LogP contribution < -0.4 is 15.8 Å². The number of amides is 1. The Morgan fingerprint density at radius 2 is 1.85 bits per heavy atom. The first-order valence-corrected chi connectivity index (χ1v) is 8.45. The number of carbonyl (C=O) groups is 1. The summed E-state index contributed by atoms with van der Waals surface area (Å²) in [5.41, 5.74) is 6.41. The third kappa shape index (κ3) is 4.79. The lowest BCUT2D eigenvalue weighted by Gasteiger charge is -2.15. The molecule has 3 aromatic rings. The predicted molar refractivity (Wildman–Crippen MR) is 97.5 cm³/mol. The molecule has 1 heterocycles. The van der Waals surface area contributed by atoms with E-state index in [1.807, 2.05) is 54.6 Å². The molecule has 0 aliphatic rings. The van der Waals surface area contributed by atoms with Crippen LogP contribution in [0.5, 0.6) is 5.75 Å². The van der Waals surface area contributed by atoms with E-state index in [1.54, 1.807) is 4.57 Å². The van der Waals surface area contributed by atoms with E-state index in [9.17, 15) is 13.6 Å². The van der Waals surface area contributed by atoms with Crippen molar-refractivity contribution in [3.63, 3.8) is 0 Å². The molecule has 0 saturated heterocycles. The summed E-state index contributed by atoms with van der Waals surface area (Å²) in [6.45, 7) is -1.62. The molecule has 0 aliphatic carbocycles. The number of fused-ring (bicyclic) bond motifs is 1. The number of rotatable bonds is 8. The largest absolute Gasteiger partial charge is 0.486 e. The van der Waals surface area contributed by atoms with Crippen LogP contribution >= 0.6 is 0 Å². The maximum absolute atomic E-state index is 13.3. The standard InChI is InChI=1S/C19H20F2N4O2/c20-19(21,12-22)13-23-18(26)10-25-16-9-5-4-8-15(16)24-17(25)11-27-14-6-2-1-3-7-14/h1-9H,10-13,22H2,(H,23,26). The summed E-state index contributed by atoms with van der Waals surface area (Å²) in [5, 5.41) is 2.22. The highest BCUT2D eigenvalue weighted by atomic mass is 19.3. The number of nitrogens with one attached hydrogen (secondary N) is 1. The minimum atomic E-state index is -3.13. The van der Waals surface area contributed by atoms with Gasteiger partial charge < -0.3 is 20.4 Å². The zero-order valence-corrected chi connectivity index (χ0v) is 14.6. The lowest BCUT2D eigenvalue weighted by atomic mass is 10.3. The Hall–Kier alpha value is -3.00. The number of nitrogens with zero attached hydrogens (tertiary/aromatic N) is 2. The van der Waals surface area contributed by atoms with Crippen LogP contribution in [0, 0.1) is 0 Å². The number of imidazole rings is 1. The van der Waals surface area contributed by atoms with E-state index in [4.69, 9.17) is 10.5 Å². The number of para-hydroxylation sites is 3. The van der Waals surface area contributed by atoms with Gasteiger partial charge in [-0.05, 0) is 24.3 Å². The lowest BCUT2D eigenvalue weighted by molar-refractivity contribution is -0.123. The van der Waals surface area contributed by atoms with Crippen molar-refractivity contribution in [2.45, 2.75) is 19.1 Å². The predicted octanol–water partition coefficient (Wildman–Crippen LogP) is 2.33. The molecule has 3 rings (SSSR count). The van der Waals surface area contributed by atoms with Gasteiger partial charge in [0, 0.05) is 0 Å². The van der Waals surface area contributed by atoms with Crippen LogP contribution in [0.1, 0.15) is 5.82 Å². The highest BCUT2D eigenvalue weighted by Crippen LogP contribution is 2.18. The monoisotopic (exact) mass is 374 g/mol. The van der Waals surface area contributed by atoms with Crippen molar-refractivity contribution >= 4 is 16.9 Å². The summed E-state index contributed by atoms with van der Waals surface area (Å²) >= 11 is 0. The SMILES string of the molecule is NCC(F)(F)CNC(=O)Cn1c(COc2ccccc2)nc2ccccc21. The molecule has 142 valence electrons. The molecule has 0 aliphatic heterocycles. The molecule has 0 unspecified atom stereocenters. The molecule has 0 fully saturated rings. The van der Waals surface area contributed by atoms with Crippen molar-refractivity contribution in [2.75, 3.05) is 13.1 Å². The number of hydrogen-bond donors (Lipinski definition) is 2. The molecule has 0 radical (unpaired) electrons. The molecule has 6 nitrogen and oxygen atoms in total. The van der Waals surface area contributed by atoms with Crippen molar-refractivity contribution in [2.24, 2.45) is 5.73 Å². The molecule has 8 heteroatoms.